The fourth-order valence-corrected chi connectivity index (χ4v) is 4.37. The Morgan fingerprint density at radius 1 is 1.61 bits per heavy atom. The summed E-state index contributed by atoms with van der Waals surface area (Å²) in [7, 11) is 0. The first-order chi connectivity index (χ1) is 8.72. The van der Waals surface area contributed by atoms with Crippen molar-refractivity contribution in [3.05, 3.63) is 0 Å². The van der Waals surface area contributed by atoms with Crippen LogP contribution >= 0.6 is 11.8 Å². The van der Waals surface area contributed by atoms with Crippen LogP contribution in [0.1, 0.15) is 25.7 Å². The van der Waals surface area contributed by atoms with Crippen LogP contribution in [-0.4, -0.2) is 53.1 Å². The predicted molar refractivity (Wildman–Crippen MR) is 68.1 cm³/mol. The molecule has 0 radical (unpaired) electrons. The van der Waals surface area contributed by atoms with Crippen molar-refractivity contribution in [2.75, 3.05) is 25.4 Å². The summed E-state index contributed by atoms with van der Waals surface area (Å²) in [4.78, 5) is 25.2. The van der Waals surface area contributed by atoms with Gasteiger partial charge in [0.25, 0.3) is 5.91 Å². The average Bonchev–Trinajstić information content (AvgIpc) is 3.05. The van der Waals surface area contributed by atoms with Gasteiger partial charge >= 0.3 is 0 Å². The van der Waals surface area contributed by atoms with Gasteiger partial charge in [0.05, 0.1) is 6.10 Å². The van der Waals surface area contributed by atoms with E-state index in [4.69, 9.17) is 4.74 Å². The summed E-state index contributed by atoms with van der Waals surface area (Å²) in [6.07, 6.45) is 3.39. The summed E-state index contributed by atoms with van der Waals surface area (Å²) in [5, 5.41) is 2.97. The second-order valence-electron chi connectivity index (χ2n) is 5.02. The van der Waals surface area contributed by atoms with Crippen LogP contribution in [0.4, 0.5) is 0 Å². The Morgan fingerprint density at radius 3 is 3.28 bits per heavy atom. The maximum Gasteiger partial charge on any atom is 0.256 e. The highest BCUT2D eigenvalue weighted by atomic mass is 32.2. The van der Waals surface area contributed by atoms with Gasteiger partial charge in [0.15, 0.2) is 4.87 Å². The van der Waals surface area contributed by atoms with Gasteiger partial charge < -0.3 is 15.0 Å². The average molecular weight is 270 g/mol. The highest BCUT2D eigenvalue weighted by Gasteiger charge is 2.54. The van der Waals surface area contributed by atoms with Crippen LogP contribution < -0.4 is 5.32 Å². The van der Waals surface area contributed by atoms with Gasteiger partial charge in [-0.1, -0.05) is 0 Å². The number of hydrogen-bond acceptors (Lipinski definition) is 4. The van der Waals surface area contributed by atoms with Crippen molar-refractivity contribution in [1.29, 1.82) is 0 Å². The highest BCUT2D eigenvalue weighted by Crippen LogP contribution is 2.44. The molecule has 3 heterocycles. The molecular weight excluding hydrogens is 252 g/mol. The zero-order valence-corrected chi connectivity index (χ0v) is 11.1. The number of ether oxygens (including phenoxy) is 1. The van der Waals surface area contributed by atoms with Crippen LogP contribution in [0.5, 0.6) is 0 Å². The zero-order chi connectivity index (χ0) is 12.6. The first kappa shape index (κ1) is 12.3. The predicted octanol–water partition coefficient (Wildman–Crippen LogP) is 0.347. The van der Waals surface area contributed by atoms with E-state index < -0.39 is 4.87 Å². The van der Waals surface area contributed by atoms with Gasteiger partial charge in [-0.3, -0.25) is 9.59 Å². The highest BCUT2D eigenvalue weighted by molar-refractivity contribution is 8.01. The number of nitrogens with one attached hydrogen (secondary N) is 1. The number of amides is 2. The summed E-state index contributed by atoms with van der Waals surface area (Å²) >= 11 is 1.61. The van der Waals surface area contributed by atoms with Crippen LogP contribution in [0.3, 0.4) is 0 Å². The van der Waals surface area contributed by atoms with Gasteiger partial charge in [0.1, 0.15) is 0 Å². The van der Waals surface area contributed by atoms with Gasteiger partial charge in [-0.05, 0) is 19.3 Å². The summed E-state index contributed by atoms with van der Waals surface area (Å²) in [6.45, 7) is 2.07. The molecule has 0 aromatic carbocycles. The van der Waals surface area contributed by atoms with Gasteiger partial charge in [0, 0.05) is 31.9 Å². The number of carbonyl (C=O) groups excluding carboxylic acids is 2. The third kappa shape index (κ3) is 1.91. The van der Waals surface area contributed by atoms with E-state index in [0.29, 0.717) is 25.9 Å². The van der Waals surface area contributed by atoms with Gasteiger partial charge in [-0.2, -0.15) is 0 Å². The van der Waals surface area contributed by atoms with Crippen molar-refractivity contribution in [2.24, 2.45) is 0 Å². The summed E-state index contributed by atoms with van der Waals surface area (Å²) in [5.41, 5.74) is 0. The van der Waals surface area contributed by atoms with E-state index >= 15 is 0 Å². The molecule has 0 aromatic heterocycles. The Balaban J connectivity index is 1.62. The molecule has 3 aliphatic rings. The quantitative estimate of drug-likeness (QED) is 0.804. The molecule has 3 rings (SSSR count). The number of hydrogen-bond donors (Lipinski definition) is 1. The normalized spacial score (nSPS) is 35.0. The van der Waals surface area contributed by atoms with E-state index in [9.17, 15) is 9.59 Å². The SMILES string of the molecule is O=C1CC[C@]2(C(=O)NC[C@@H]3CCCO3)SCCN12. The van der Waals surface area contributed by atoms with Crippen molar-refractivity contribution in [1.82, 2.24) is 10.2 Å². The Kier molecular flexibility index (Phi) is 3.23. The van der Waals surface area contributed by atoms with Crippen LogP contribution in [0.15, 0.2) is 0 Å². The Bertz CT molecular complexity index is 370. The molecule has 0 aromatic rings. The van der Waals surface area contributed by atoms with Crippen LogP contribution in [0.2, 0.25) is 0 Å². The second kappa shape index (κ2) is 4.74. The lowest BCUT2D eigenvalue weighted by molar-refractivity contribution is -0.136. The van der Waals surface area contributed by atoms with E-state index in [1.807, 2.05) is 0 Å². The lowest BCUT2D eigenvalue weighted by Crippen LogP contribution is -2.52. The third-order valence-corrected chi connectivity index (χ3v) is 5.41. The maximum atomic E-state index is 12.4. The number of rotatable bonds is 3. The summed E-state index contributed by atoms with van der Waals surface area (Å²) in [5.74, 6) is 0.970. The van der Waals surface area contributed by atoms with Crippen molar-refractivity contribution in [2.45, 2.75) is 36.7 Å². The summed E-state index contributed by atoms with van der Waals surface area (Å²) in [6, 6.07) is 0. The van der Waals surface area contributed by atoms with E-state index in [0.717, 1.165) is 25.2 Å². The fourth-order valence-electron chi connectivity index (χ4n) is 2.96. The smallest absolute Gasteiger partial charge is 0.256 e. The van der Waals surface area contributed by atoms with E-state index in [-0.39, 0.29) is 17.9 Å². The van der Waals surface area contributed by atoms with Crippen LogP contribution in [0.25, 0.3) is 0 Å². The molecule has 18 heavy (non-hydrogen) atoms. The van der Waals surface area contributed by atoms with Crippen molar-refractivity contribution >= 4 is 23.6 Å². The van der Waals surface area contributed by atoms with Crippen LogP contribution in [0, 0.1) is 0 Å². The molecule has 3 aliphatic heterocycles. The number of thioether (sulfide) groups is 1. The molecule has 3 fully saturated rings. The molecule has 0 unspecified atom stereocenters. The molecule has 2 amide bonds. The van der Waals surface area contributed by atoms with Gasteiger partial charge in [-0.25, -0.2) is 0 Å². The number of nitrogens with zero attached hydrogens (tertiary/aromatic N) is 1. The first-order valence-corrected chi connectivity index (χ1v) is 7.55. The summed E-state index contributed by atoms with van der Waals surface area (Å²) < 4.78 is 5.49. The van der Waals surface area contributed by atoms with E-state index in [2.05, 4.69) is 5.32 Å². The molecule has 2 atom stereocenters. The Hall–Kier alpha value is -0.750. The maximum absolute atomic E-state index is 12.4. The number of carbonyl (C=O) groups is 2. The van der Waals surface area contributed by atoms with Crippen molar-refractivity contribution in [3.63, 3.8) is 0 Å². The number of fused-ring (bicyclic) bond motifs is 1. The Morgan fingerprint density at radius 2 is 2.50 bits per heavy atom. The molecule has 0 aliphatic carbocycles. The molecular formula is C12H18N2O3S. The first-order valence-electron chi connectivity index (χ1n) is 6.57. The lowest BCUT2D eigenvalue weighted by atomic mass is 10.2. The monoisotopic (exact) mass is 270 g/mol. The molecule has 1 N–H and O–H groups in total. The second-order valence-corrected chi connectivity index (χ2v) is 6.40. The van der Waals surface area contributed by atoms with Crippen molar-refractivity contribution < 1.29 is 14.3 Å². The minimum absolute atomic E-state index is 0.00801. The fraction of sp³-hybridized carbons (Fsp3) is 0.833. The third-order valence-electron chi connectivity index (χ3n) is 3.94. The topological polar surface area (TPSA) is 58.6 Å². The van der Waals surface area contributed by atoms with Crippen LogP contribution in [-0.2, 0) is 14.3 Å². The zero-order valence-electron chi connectivity index (χ0n) is 10.3. The van der Waals surface area contributed by atoms with Crippen molar-refractivity contribution in [3.8, 4) is 0 Å². The van der Waals surface area contributed by atoms with E-state index in [1.165, 1.54) is 0 Å². The molecule has 0 spiro atoms. The molecule has 6 heteroatoms. The minimum atomic E-state index is -0.615. The molecule has 100 valence electrons. The molecule has 5 nitrogen and oxygen atoms in total. The lowest BCUT2D eigenvalue weighted by Gasteiger charge is -2.29. The van der Waals surface area contributed by atoms with Gasteiger partial charge in [0.2, 0.25) is 5.91 Å². The molecule has 0 bridgehead atoms. The minimum Gasteiger partial charge on any atom is -0.376 e. The standard InChI is InChI=1S/C12H18N2O3S/c15-10-3-4-12(14(10)5-7-18-12)11(16)13-8-9-2-1-6-17-9/h9H,1-8H2,(H,13,16)/t9-,12+/m0/s1. The molecule has 3 saturated heterocycles. The largest absolute Gasteiger partial charge is 0.376 e. The van der Waals surface area contributed by atoms with E-state index in [1.54, 1.807) is 16.7 Å². The molecule has 0 saturated carbocycles. The van der Waals surface area contributed by atoms with Gasteiger partial charge in [-0.15, -0.1) is 11.8 Å². The Labute approximate surface area is 111 Å².